The van der Waals surface area contributed by atoms with E-state index in [0.717, 1.165) is 23.3 Å². The number of esters is 1. The molecule has 4 fully saturated rings. The van der Waals surface area contributed by atoms with Gasteiger partial charge in [-0.3, -0.25) is 19.2 Å². The van der Waals surface area contributed by atoms with Gasteiger partial charge in [0.25, 0.3) is 0 Å². The van der Waals surface area contributed by atoms with Crippen LogP contribution in [0, 0.1) is 28.6 Å². The molecule has 1 saturated heterocycles. The number of aliphatic hydroxyl groups excluding tert-OH is 2. The second-order valence-electron chi connectivity index (χ2n) is 13.3. The number of aliphatic carboxylic acids is 1. The maximum Gasteiger partial charge on any atom is 0.326 e. The third kappa shape index (κ3) is 4.83. The van der Waals surface area contributed by atoms with E-state index < -0.39 is 59.5 Å². The van der Waals surface area contributed by atoms with E-state index in [-0.39, 0.29) is 67.6 Å². The summed E-state index contributed by atoms with van der Waals surface area (Å²) in [5, 5.41) is 42.3. The van der Waals surface area contributed by atoms with Crippen molar-refractivity contribution in [1.82, 2.24) is 4.90 Å². The minimum absolute atomic E-state index is 0.00725. The van der Waals surface area contributed by atoms with Crippen molar-refractivity contribution in [2.75, 3.05) is 13.2 Å². The minimum Gasteiger partial charge on any atom is -0.480 e. The molecule has 5 rings (SSSR count). The number of ketones is 2. The highest BCUT2D eigenvalue weighted by atomic mass is 16.5. The summed E-state index contributed by atoms with van der Waals surface area (Å²) in [6, 6.07) is -1.15. The third-order valence-corrected chi connectivity index (χ3v) is 11.3. The zero-order chi connectivity index (χ0) is 29.9. The van der Waals surface area contributed by atoms with E-state index in [2.05, 4.69) is 6.92 Å². The van der Waals surface area contributed by atoms with Crippen LogP contribution in [-0.4, -0.2) is 91.7 Å². The van der Waals surface area contributed by atoms with Crippen molar-refractivity contribution in [3.63, 3.8) is 0 Å². The molecule has 4 N–H and O–H groups in total. The average Bonchev–Trinajstić information content (AvgIpc) is 3.43. The van der Waals surface area contributed by atoms with E-state index in [1.54, 1.807) is 6.08 Å². The fraction of sp³-hybridized carbons (Fsp3) is 0.767. The molecule has 3 saturated carbocycles. The molecule has 9 atom stereocenters. The number of likely N-dealkylation sites (tertiary alicyclic amines) is 1. The number of Topliss-reactive ketones (excluding diaryl/α,β-unsaturated/α-hetero) is 1. The van der Waals surface area contributed by atoms with E-state index in [4.69, 9.17) is 4.74 Å². The lowest BCUT2D eigenvalue weighted by atomic mass is 9.45. The van der Waals surface area contributed by atoms with Crippen LogP contribution in [0.3, 0.4) is 0 Å². The third-order valence-electron chi connectivity index (χ3n) is 11.3. The quantitative estimate of drug-likeness (QED) is 0.322. The van der Waals surface area contributed by atoms with Gasteiger partial charge >= 0.3 is 11.9 Å². The highest BCUT2D eigenvalue weighted by molar-refractivity contribution is 5.92. The van der Waals surface area contributed by atoms with Gasteiger partial charge < -0.3 is 30.1 Å². The number of carbonyl (C=O) groups excluding carboxylic acids is 4. The number of nitrogens with zero attached hydrogens (tertiary/aromatic N) is 1. The number of carboxylic acid groups (broad SMARTS) is 1. The van der Waals surface area contributed by atoms with Gasteiger partial charge in [-0.2, -0.15) is 0 Å². The Labute approximate surface area is 238 Å². The van der Waals surface area contributed by atoms with Gasteiger partial charge in [0, 0.05) is 31.2 Å². The van der Waals surface area contributed by atoms with Crippen LogP contribution in [0.2, 0.25) is 0 Å². The smallest absolute Gasteiger partial charge is 0.326 e. The molecule has 4 aliphatic carbocycles. The Balaban J connectivity index is 1.21. The zero-order valence-corrected chi connectivity index (χ0v) is 23.7. The highest BCUT2D eigenvalue weighted by Gasteiger charge is 2.68. The van der Waals surface area contributed by atoms with E-state index in [1.165, 1.54) is 0 Å². The molecule has 0 unspecified atom stereocenters. The summed E-state index contributed by atoms with van der Waals surface area (Å²) in [6.45, 7) is 3.20. The standard InChI is InChI=1S/C30H41NO10/c1-28-9-7-17(32)11-16(28)3-4-19-20-8-10-30(40,29(20,2)13-22(34)26(19)28)23(35)15-41-25(37)6-5-24(36)31-14-18(33)12-21(31)27(38)39/h11,18-22,26,33-34,40H,3-10,12-15H2,1-2H3,(H,38,39)/t18-,19+,20+,21-,22-,26-,28+,29+,30+/m1/s1. The molecular weight excluding hydrogens is 534 g/mol. The highest BCUT2D eigenvalue weighted by Crippen LogP contribution is 2.67. The summed E-state index contributed by atoms with van der Waals surface area (Å²) < 4.78 is 5.16. The fourth-order valence-corrected chi connectivity index (χ4v) is 9.16. The number of β-amino-alcohol motifs (C(OH)–C–C–N with tert-alkyl or cyclic N) is 1. The van der Waals surface area contributed by atoms with Crippen molar-refractivity contribution in [2.45, 2.75) is 102 Å². The first-order valence-electron chi connectivity index (χ1n) is 14.7. The minimum atomic E-state index is -1.78. The average molecular weight is 576 g/mol. The van der Waals surface area contributed by atoms with Crippen molar-refractivity contribution in [3.8, 4) is 0 Å². The SMILES string of the molecule is C[C@]12CCC(=O)C=C1CC[C@@H]1[C@@H]2[C@H](O)C[C@@]2(C)[C@H]1CC[C@]2(O)C(=O)COC(=O)CCC(=O)N1C[C@H](O)C[C@@H]1C(=O)O. The van der Waals surface area contributed by atoms with Crippen LogP contribution in [0.1, 0.15) is 78.1 Å². The first-order chi connectivity index (χ1) is 19.2. The lowest BCUT2D eigenvalue weighted by molar-refractivity contribution is -0.184. The molecule has 0 aromatic rings. The van der Waals surface area contributed by atoms with Crippen LogP contribution >= 0.6 is 0 Å². The Morgan fingerprint density at radius 3 is 2.51 bits per heavy atom. The molecule has 1 amide bonds. The summed E-state index contributed by atoms with van der Waals surface area (Å²) in [4.78, 5) is 62.8. The fourth-order valence-electron chi connectivity index (χ4n) is 9.16. The van der Waals surface area contributed by atoms with Crippen LogP contribution in [-0.2, 0) is 28.7 Å². The number of hydrogen-bond donors (Lipinski definition) is 4. The van der Waals surface area contributed by atoms with E-state index in [0.29, 0.717) is 19.3 Å². The molecule has 1 aliphatic heterocycles. The summed E-state index contributed by atoms with van der Waals surface area (Å²) >= 11 is 0. The van der Waals surface area contributed by atoms with E-state index in [1.807, 2.05) is 6.92 Å². The zero-order valence-electron chi connectivity index (χ0n) is 23.7. The Bertz CT molecular complexity index is 1180. The monoisotopic (exact) mass is 575 g/mol. The molecule has 0 bridgehead atoms. The lowest BCUT2D eigenvalue weighted by Gasteiger charge is -2.60. The topological polar surface area (TPSA) is 179 Å². The molecule has 1 heterocycles. The van der Waals surface area contributed by atoms with E-state index in [9.17, 15) is 44.4 Å². The number of amides is 1. The van der Waals surface area contributed by atoms with Crippen molar-refractivity contribution in [3.05, 3.63) is 11.6 Å². The molecule has 11 nitrogen and oxygen atoms in total. The van der Waals surface area contributed by atoms with Gasteiger partial charge in [0.05, 0.1) is 18.6 Å². The van der Waals surface area contributed by atoms with Crippen molar-refractivity contribution in [2.24, 2.45) is 28.6 Å². The molecule has 0 radical (unpaired) electrons. The molecule has 41 heavy (non-hydrogen) atoms. The molecule has 11 heteroatoms. The number of aliphatic hydroxyl groups is 3. The molecular formula is C30H41NO10. The Morgan fingerprint density at radius 1 is 1.07 bits per heavy atom. The van der Waals surface area contributed by atoms with Gasteiger partial charge in [-0.05, 0) is 67.8 Å². The molecule has 5 aliphatic rings. The van der Waals surface area contributed by atoms with Gasteiger partial charge in [0.15, 0.2) is 12.4 Å². The number of carboxylic acids is 1. The Morgan fingerprint density at radius 2 is 1.80 bits per heavy atom. The van der Waals surface area contributed by atoms with Gasteiger partial charge in [-0.25, -0.2) is 4.79 Å². The molecule has 0 spiro atoms. The number of fused-ring (bicyclic) bond motifs is 5. The Kier molecular flexibility index (Phi) is 7.70. The number of rotatable bonds is 7. The summed E-state index contributed by atoms with van der Waals surface area (Å²) in [5.41, 5.74) is -1.86. The predicted molar refractivity (Wildman–Crippen MR) is 142 cm³/mol. The van der Waals surface area contributed by atoms with Crippen molar-refractivity contribution in [1.29, 1.82) is 0 Å². The van der Waals surface area contributed by atoms with Gasteiger partial charge in [-0.15, -0.1) is 0 Å². The first kappa shape index (κ1) is 29.8. The van der Waals surface area contributed by atoms with Gasteiger partial charge in [0.1, 0.15) is 11.6 Å². The maximum absolute atomic E-state index is 13.4. The maximum atomic E-state index is 13.4. The summed E-state index contributed by atoms with van der Waals surface area (Å²) in [7, 11) is 0. The van der Waals surface area contributed by atoms with E-state index >= 15 is 0 Å². The van der Waals surface area contributed by atoms with Gasteiger partial charge in [-0.1, -0.05) is 19.4 Å². The van der Waals surface area contributed by atoms with Crippen LogP contribution in [0.4, 0.5) is 0 Å². The lowest BCUT2D eigenvalue weighted by Crippen LogP contribution is -2.62. The van der Waals surface area contributed by atoms with Crippen molar-refractivity contribution >= 4 is 29.4 Å². The summed E-state index contributed by atoms with van der Waals surface area (Å²) in [6.07, 6.45) is 2.99. The molecule has 226 valence electrons. The normalized spacial score (nSPS) is 41.6. The first-order valence-corrected chi connectivity index (χ1v) is 14.7. The molecule has 0 aromatic carbocycles. The number of ether oxygens (including phenoxy) is 1. The number of allylic oxidation sites excluding steroid dienone is 1. The van der Waals surface area contributed by atoms with Crippen LogP contribution in [0.25, 0.3) is 0 Å². The second kappa shape index (κ2) is 10.6. The molecule has 0 aromatic heterocycles. The van der Waals surface area contributed by atoms with Gasteiger partial charge in [0.2, 0.25) is 11.7 Å². The predicted octanol–water partition coefficient (Wildman–Crippen LogP) is 1.16. The van der Waals surface area contributed by atoms with Crippen LogP contribution in [0.5, 0.6) is 0 Å². The summed E-state index contributed by atoms with van der Waals surface area (Å²) in [5.74, 6) is -3.13. The second-order valence-corrected chi connectivity index (χ2v) is 13.3. The number of carbonyl (C=O) groups is 5. The largest absolute Gasteiger partial charge is 0.480 e. The number of hydrogen-bond acceptors (Lipinski definition) is 9. The Hall–Kier alpha value is -2.63. The van der Waals surface area contributed by atoms with Crippen LogP contribution < -0.4 is 0 Å². The van der Waals surface area contributed by atoms with Crippen molar-refractivity contribution < 1.29 is 49.1 Å². The van der Waals surface area contributed by atoms with Crippen LogP contribution in [0.15, 0.2) is 11.6 Å².